The molecule has 0 spiro atoms. The van der Waals surface area contributed by atoms with Crippen molar-refractivity contribution in [2.75, 3.05) is 27.2 Å². The predicted octanol–water partition coefficient (Wildman–Crippen LogP) is 2.18. The highest BCUT2D eigenvalue weighted by Crippen LogP contribution is 2.28. The summed E-state index contributed by atoms with van der Waals surface area (Å²) in [7, 11) is 4.33. The summed E-state index contributed by atoms with van der Waals surface area (Å²) in [5.41, 5.74) is 0. The first-order valence-electron chi connectivity index (χ1n) is 6.68. The van der Waals surface area contributed by atoms with Crippen LogP contribution in [-0.4, -0.2) is 48.9 Å². The molecule has 3 heteroatoms. The van der Waals surface area contributed by atoms with Gasteiger partial charge >= 0.3 is 0 Å². The van der Waals surface area contributed by atoms with Gasteiger partial charge in [0.05, 0.1) is 5.84 Å². The molecule has 0 aromatic rings. The van der Waals surface area contributed by atoms with Crippen molar-refractivity contribution in [3.8, 4) is 0 Å². The molecule has 2 fully saturated rings. The van der Waals surface area contributed by atoms with Crippen molar-refractivity contribution in [2.24, 2.45) is 5.92 Å². The molecule has 0 amide bonds. The predicted molar refractivity (Wildman–Crippen MR) is 68.0 cm³/mol. The highest BCUT2D eigenvalue weighted by molar-refractivity contribution is 5.82. The molecule has 0 unspecified atom stereocenters. The maximum absolute atomic E-state index is 8.29. The maximum Gasteiger partial charge on any atom is 0.0989 e. The van der Waals surface area contributed by atoms with E-state index < -0.39 is 0 Å². The zero-order valence-electron chi connectivity index (χ0n) is 10.7. The van der Waals surface area contributed by atoms with Gasteiger partial charge in [-0.2, -0.15) is 0 Å². The smallest absolute Gasteiger partial charge is 0.0989 e. The molecular weight excluding hydrogens is 198 g/mol. The van der Waals surface area contributed by atoms with Gasteiger partial charge in [0.1, 0.15) is 0 Å². The van der Waals surface area contributed by atoms with Crippen LogP contribution in [0.15, 0.2) is 0 Å². The van der Waals surface area contributed by atoms with E-state index in [0.29, 0.717) is 12.0 Å². The van der Waals surface area contributed by atoms with Crippen molar-refractivity contribution in [2.45, 2.75) is 44.6 Å². The number of amidine groups is 1. The topological polar surface area (TPSA) is 30.3 Å². The van der Waals surface area contributed by atoms with Crippen LogP contribution in [0, 0.1) is 11.3 Å². The molecule has 0 atom stereocenters. The van der Waals surface area contributed by atoms with Crippen LogP contribution in [-0.2, 0) is 0 Å². The van der Waals surface area contributed by atoms with E-state index >= 15 is 0 Å². The summed E-state index contributed by atoms with van der Waals surface area (Å²) in [5, 5.41) is 8.29. The number of piperidine rings is 1. The monoisotopic (exact) mass is 223 g/mol. The van der Waals surface area contributed by atoms with Gasteiger partial charge in [-0.3, -0.25) is 5.41 Å². The molecule has 0 bridgehead atoms. The summed E-state index contributed by atoms with van der Waals surface area (Å²) in [6, 6.07) is 0.615. The van der Waals surface area contributed by atoms with E-state index in [1.54, 1.807) is 0 Å². The average molecular weight is 223 g/mol. The van der Waals surface area contributed by atoms with Crippen molar-refractivity contribution in [1.82, 2.24) is 9.80 Å². The Labute approximate surface area is 99.3 Å². The van der Waals surface area contributed by atoms with Gasteiger partial charge in [0.25, 0.3) is 0 Å². The summed E-state index contributed by atoms with van der Waals surface area (Å²) in [5.74, 6) is 1.47. The van der Waals surface area contributed by atoms with Gasteiger partial charge in [0.15, 0.2) is 0 Å². The Hall–Kier alpha value is -0.570. The third-order valence-corrected chi connectivity index (χ3v) is 4.36. The normalized spacial score (nSPS) is 24.9. The first-order valence-corrected chi connectivity index (χ1v) is 6.68. The van der Waals surface area contributed by atoms with Gasteiger partial charge in [-0.05, 0) is 45.8 Å². The van der Waals surface area contributed by atoms with Crippen molar-refractivity contribution >= 4 is 5.84 Å². The van der Waals surface area contributed by atoms with E-state index in [9.17, 15) is 0 Å². The first kappa shape index (κ1) is 11.9. The molecule has 2 rings (SSSR count). The number of nitrogens with zero attached hydrogens (tertiary/aromatic N) is 2. The quantitative estimate of drug-likeness (QED) is 0.574. The lowest BCUT2D eigenvalue weighted by Gasteiger charge is -2.37. The molecule has 1 saturated carbocycles. The minimum absolute atomic E-state index is 0.560. The fourth-order valence-corrected chi connectivity index (χ4v) is 3.07. The van der Waals surface area contributed by atoms with Crippen LogP contribution in [0.4, 0.5) is 0 Å². The molecule has 1 aliphatic carbocycles. The Kier molecular flexibility index (Phi) is 3.85. The Morgan fingerprint density at radius 2 is 1.69 bits per heavy atom. The second-order valence-corrected chi connectivity index (χ2v) is 5.51. The molecule has 1 saturated heterocycles. The van der Waals surface area contributed by atoms with Crippen LogP contribution in [0.5, 0.6) is 0 Å². The van der Waals surface area contributed by atoms with E-state index in [4.69, 9.17) is 5.41 Å². The largest absolute Gasteiger partial charge is 0.360 e. The molecule has 3 nitrogen and oxygen atoms in total. The summed E-state index contributed by atoms with van der Waals surface area (Å²) < 4.78 is 0. The van der Waals surface area contributed by atoms with Crippen LogP contribution < -0.4 is 0 Å². The zero-order valence-corrected chi connectivity index (χ0v) is 10.7. The van der Waals surface area contributed by atoms with Crippen LogP contribution in [0.3, 0.4) is 0 Å². The summed E-state index contributed by atoms with van der Waals surface area (Å²) in [6.45, 7) is 2.37. The number of hydrogen-bond donors (Lipinski definition) is 1. The Balaban J connectivity index is 1.86. The minimum Gasteiger partial charge on any atom is -0.360 e. The highest BCUT2D eigenvalue weighted by Gasteiger charge is 2.27. The lowest BCUT2D eigenvalue weighted by Crippen LogP contribution is -2.45. The molecule has 1 heterocycles. The van der Waals surface area contributed by atoms with Gasteiger partial charge in [-0.25, -0.2) is 0 Å². The summed E-state index contributed by atoms with van der Waals surface area (Å²) in [4.78, 5) is 4.66. The molecular formula is C13H25N3. The first-order chi connectivity index (χ1) is 7.68. The summed E-state index contributed by atoms with van der Waals surface area (Å²) in [6.07, 6.45) is 7.60. The number of nitrogens with one attached hydrogen (secondary N) is 1. The fraction of sp³-hybridized carbons (Fsp3) is 0.923. The maximum atomic E-state index is 8.29. The van der Waals surface area contributed by atoms with Gasteiger partial charge in [0, 0.05) is 19.0 Å². The highest BCUT2D eigenvalue weighted by atomic mass is 15.2. The van der Waals surface area contributed by atoms with E-state index in [1.807, 2.05) is 0 Å². The van der Waals surface area contributed by atoms with Crippen molar-refractivity contribution in [1.29, 1.82) is 5.41 Å². The molecule has 0 radical (unpaired) electrons. The van der Waals surface area contributed by atoms with E-state index in [2.05, 4.69) is 23.9 Å². The Bertz CT molecular complexity index is 238. The molecule has 0 aromatic carbocycles. The third-order valence-electron chi connectivity index (χ3n) is 4.36. The minimum atomic E-state index is 0.560. The van der Waals surface area contributed by atoms with E-state index in [-0.39, 0.29) is 0 Å². The van der Waals surface area contributed by atoms with Crippen LogP contribution >= 0.6 is 0 Å². The third kappa shape index (κ3) is 2.57. The average Bonchev–Trinajstić information content (AvgIpc) is 2.81. The van der Waals surface area contributed by atoms with Crippen molar-refractivity contribution in [3.63, 3.8) is 0 Å². The van der Waals surface area contributed by atoms with Gasteiger partial charge in [0.2, 0.25) is 0 Å². The Morgan fingerprint density at radius 3 is 2.25 bits per heavy atom. The molecule has 1 aliphatic heterocycles. The van der Waals surface area contributed by atoms with Crippen LogP contribution in [0.2, 0.25) is 0 Å². The fourth-order valence-electron chi connectivity index (χ4n) is 3.07. The van der Waals surface area contributed by atoms with Crippen molar-refractivity contribution in [3.05, 3.63) is 0 Å². The lowest BCUT2D eigenvalue weighted by atomic mass is 10.0. The molecule has 1 N–H and O–H groups in total. The zero-order chi connectivity index (χ0) is 11.5. The summed E-state index contributed by atoms with van der Waals surface area (Å²) >= 11 is 0. The van der Waals surface area contributed by atoms with Gasteiger partial charge < -0.3 is 9.80 Å². The van der Waals surface area contributed by atoms with Gasteiger partial charge in [-0.1, -0.05) is 12.8 Å². The standard InChI is InChI=1S/C13H25N3/c1-15-9-7-12(8-10-15)16(2)13(14)11-5-3-4-6-11/h11-12,14H,3-10H2,1-2H3. The number of likely N-dealkylation sites (tertiary alicyclic amines) is 1. The van der Waals surface area contributed by atoms with E-state index in [1.165, 1.54) is 51.6 Å². The van der Waals surface area contributed by atoms with Crippen LogP contribution in [0.25, 0.3) is 0 Å². The lowest BCUT2D eigenvalue weighted by molar-refractivity contribution is 0.187. The SMILES string of the molecule is CN1CCC(N(C)C(=N)C2CCCC2)CC1. The van der Waals surface area contributed by atoms with Gasteiger partial charge in [-0.15, -0.1) is 0 Å². The Morgan fingerprint density at radius 1 is 1.12 bits per heavy atom. The molecule has 16 heavy (non-hydrogen) atoms. The van der Waals surface area contributed by atoms with Crippen molar-refractivity contribution < 1.29 is 0 Å². The molecule has 92 valence electrons. The van der Waals surface area contributed by atoms with E-state index in [0.717, 1.165) is 5.84 Å². The number of hydrogen-bond acceptors (Lipinski definition) is 2. The second kappa shape index (κ2) is 5.17. The molecule has 2 aliphatic rings. The number of rotatable bonds is 2. The second-order valence-electron chi connectivity index (χ2n) is 5.51. The van der Waals surface area contributed by atoms with Crippen LogP contribution in [0.1, 0.15) is 38.5 Å². The molecule has 0 aromatic heterocycles.